The molecule has 7 heteroatoms. The van der Waals surface area contributed by atoms with E-state index in [1.54, 1.807) is 12.1 Å². The Morgan fingerprint density at radius 2 is 1.62 bits per heavy atom. The minimum absolute atomic E-state index is 0.108. The van der Waals surface area contributed by atoms with Gasteiger partial charge in [0, 0.05) is 29.7 Å². The first kappa shape index (κ1) is 31.3. The molecule has 0 saturated carbocycles. The predicted molar refractivity (Wildman–Crippen MR) is 181 cm³/mol. The van der Waals surface area contributed by atoms with E-state index in [2.05, 4.69) is 47.4 Å². The second kappa shape index (κ2) is 14.2. The van der Waals surface area contributed by atoms with Gasteiger partial charge < -0.3 is 9.47 Å². The Bertz CT molecular complexity index is 1700. The lowest BCUT2D eigenvalue weighted by Gasteiger charge is -2.19. The van der Waals surface area contributed by atoms with E-state index in [-0.39, 0.29) is 18.7 Å². The molecule has 0 amide bonds. The van der Waals surface area contributed by atoms with Crippen molar-refractivity contribution >= 4 is 40.3 Å². The topological polar surface area (TPSA) is 38.8 Å². The van der Waals surface area contributed by atoms with Crippen molar-refractivity contribution in [3.63, 3.8) is 0 Å². The number of benzene rings is 4. The molecular formula is C38H36Cl2FNO3. The number of hydrogen-bond acceptors (Lipinski definition) is 4. The highest BCUT2D eigenvalue weighted by molar-refractivity contribution is 6.36. The van der Waals surface area contributed by atoms with Crippen molar-refractivity contribution in [2.75, 3.05) is 33.4 Å². The zero-order valence-corrected chi connectivity index (χ0v) is 26.8. The standard InChI is InChI=1S/C38H36Cl2FNO3/c1-44-38(43)27-8-6-25(7-9-27)28-12-16-33-29(22-28)4-2-5-35(34-17-13-30(39)23-36(34)40)37(33)26-10-14-31(15-11-26)45-32-18-21-42(24-32)20-3-19-41/h6-17,22-23,32H,2-5,18-21,24H2,1H3. The fourth-order valence-electron chi connectivity index (χ4n) is 6.49. The van der Waals surface area contributed by atoms with E-state index in [1.165, 1.54) is 23.8 Å². The molecule has 1 atom stereocenters. The van der Waals surface area contributed by atoms with Gasteiger partial charge in [0.15, 0.2) is 0 Å². The number of fused-ring (bicyclic) bond motifs is 1. The van der Waals surface area contributed by atoms with Crippen LogP contribution in [0, 0.1) is 0 Å². The van der Waals surface area contributed by atoms with Gasteiger partial charge in [-0.05, 0) is 113 Å². The second-order valence-corrected chi connectivity index (χ2v) is 12.5. The first-order valence-corrected chi connectivity index (χ1v) is 16.2. The minimum atomic E-state index is -0.345. The SMILES string of the molecule is COC(=O)c1ccc(-c2ccc3c(c2)CCCC(c2ccc(Cl)cc2Cl)=C3c2ccc(OC3CCN(CCCF)C3)cc2)cc1. The van der Waals surface area contributed by atoms with Gasteiger partial charge in [0.05, 0.1) is 19.3 Å². The van der Waals surface area contributed by atoms with Crippen LogP contribution in [0.15, 0.2) is 84.9 Å². The van der Waals surface area contributed by atoms with Gasteiger partial charge in [-0.25, -0.2) is 4.79 Å². The Morgan fingerprint density at radius 3 is 2.36 bits per heavy atom. The fourth-order valence-corrected chi connectivity index (χ4v) is 7.01. The van der Waals surface area contributed by atoms with Crippen LogP contribution in [0.4, 0.5) is 4.39 Å². The van der Waals surface area contributed by atoms with Crippen molar-refractivity contribution in [3.05, 3.63) is 123 Å². The number of likely N-dealkylation sites (tertiary alicyclic amines) is 1. The lowest BCUT2D eigenvalue weighted by molar-refractivity contribution is 0.0600. The number of ether oxygens (including phenoxy) is 2. The van der Waals surface area contributed by atoms with Crippen molar-refractivity contribution in [3.8, 4) is 16.9 Å². The van der Waals surface area contributed by atoms with Crippen molar-refractivity contribution in [1.29, 1.82) is 0 Å². The highest BCUT2D eigenvalue weighted by Gasteiger charge is 2.25. The van der Waals surface area contributed by atoms with Crippen molar-refractivity contribution in [1.82, 2.24) is 4.90 Å². The Kier molecular flexibility index (Phi) is 9.89. The lowest BCUT2D eigenvalue weighted by atomic mass is 9.87. The molecule has 1 unspecified atom stereocenters. The quantitative estimate of drug-likeness (QED) is 0.170. The molecular weight excluding hydrogens is 608 g/mol. The zero-order chi connectivity index (χ0) is 31.3. The first-order valence-electron chi connectivity index (χ1n) is 15.5. The van der Waals surface area contributed by atoms with Gasteiger partial charge >= 0.3 is 5.97 Å². The third kappa shape index (κ3) is 7.12. The molecule has 0 aromatic heterocycles. The Balaban J connectivity index is 1.35. The number of allylic oxidation sites excluding steroid dienone is 1. The summed E-state index contributed by atoms with van der Waals surface area (Å²) in [5.41, 5.74) is 9.54. The van der Waals surface area contributed by atoms with Gasteiger partial charge in [-0.3, -0.25) is 9.29 Å². The first-order chi connectivity index (χ1) is 21.9. The van der Waals surface area contributed by atoms with Gasteiger partial charge in [0.1, 0.15) is 11.9 Å². The number of halogens is 3. The maximum absolute atomic E-state index is 12.6. The van der Waals surface area contributed by atoms with Crippen LogP contribution in [0.25, 0.3) is 22.3 Å². The number of methoxy groups -OCH3 is 1. The molecule has 0 radical (unpaired) electrons. The van der Waals surface area contributed by atoms with Crippen molar-refractivity contribution in [2.24, 2.45) is 0 Å². The smallest absolute Gasteiger partial charge is 0.337 e. The number of aryl methyl sites for hydroxylation is 1. The van der Waals surface area contributed by atoms with Crippen LogP contribution >= 0.6 is 23.2 Å². The van der Waals surface area contributed by atoms with Gasteiger partial charge in [0.25, 0.3) is 0 Å². The number of carbonyl (C=O) groups is 1. The van der Waals surface area contributed by atoms with Gasteiger partial charge in [-0.1, -0.05) is 71.7 Å². The molecule has 1 heterocycles. The summed E-state index contributed by atoms with van der Waals surface area (Å²) in [6.07, 6.45) is 4.38. The van der Waals surface area contributed by atoms with Crippen LogP contribution in [0.1, 0.15) is 58.3 Å². The minimum Gasteiger partial charge on any atom is -0.489 e. The van der Waals surface area contributed by atoms with Crippen LogP contribution < -0.4 is 4.74 Å². The van der Waals surface area contributed by atoms with Crippen LogP contribution in [0.3, 0.4) is 0 Å². The maximum Gasteiger partial charge on any atom is 0.337 e. The molecule has 4 aromatic carbocycles. The molecule has 4 aromatic rings. The third-order valence-electron chi connectivity index (χ3n) is 8.73. The van der Waals surface area contributed by atoms with Crippen molar-refractivity contribution < 1.29 is 18.7 Å². The summed E-state index contributed by atoms with van der Waals surface area (Å²) in [7, 11) is 1.39. The summed E-state index contributed by atoms with van der Waals surface area (Å²) < 4.78 is 23.8. The van der Waals surface area contributed by atoms with E-state index in [0.29, 0.717) is 22.0 Å². The van der Waals surface area contributed by atoms with E-state index in [1.807, 2.05) is 30.3 Å². The van der Waals surface area contributed by atoms with Gasteiger partial charge in [0.2, 0.25) is 0 Å². The number of nitrogens with zero attached hydrogens (tertiary/aromatic N) is 1. The average Bonchev–Trinajstić information content (AvgIpc) is 3.42. The number of carbonyl (C=O) groups excluding carboxylic acids is 1. The fraction of sp³-hybridized carbons (Fsp3) is 0.289. The zero-order valence-electron chi connectivity index (χ0n) is 25.3. The van der Waals surface area contributed by atoms with Crippen LogP contribution in [-0.2, 0) is 11.2 Å². The molecule has 1 saturated heterocycles. The van der Waals surface area contributed by atoms with Crippen LogP contribution in [0.2, 0.25) is 10.0 Å². The molecule has 232 valence electrons. The van der Waals surface area contributed by atoms with Gasteiger partial charge in [-0.15, -0.1) is 0 Å². The molecule has 6 rings (SSSR count). The monoisotopic (exact) mass is 643 g/mol. The average molecular weight is 645 g/mol. The molecule has 1 aliphatic carbocycles. The summed E-state index contributed by atoms with van der Waals surface area (Å²) in [5, 5.41) is 1.25. The number of esters is 1. The van der Waals surface area contributed by atoms with E-state index >= 15 is 0 Å². The predicted octanol–water partition coefficient (Wildman–Crippen LogP) is 9.56. The Morgan fingerprint density at radius 1 is 0.889 bits per heavy atom. The van der Waals surface area contributed by atoms with Gasteiger partial charge in [-0.2, -0.15) is 0 Å². The van der Waals surface area contributed by atoms with E-state index in [4.69, 9.17) is 32.7 Å². The van der Waals surface area contributed by atoms with Crippen LogP contribution in [-0.4, -0.2) is 50.4 Å². The lowest BCUT2D eigenvalue weighted by Crippen LogP contribution is -2.26. The summed E-state index contributed by atoms with van der Waals surface area (Å²) >= 11 is 13.1. The highest BCUT2D eigenvalue weighted by atomic mass is 35.5. The summed E-state index contributed by atoms with van der Waals surface area (Å²) in [5.74, 6) is 0.490. The number of rotatable bonds is 9. The molecule has 0 spiro atoms. The Hall–Kier alpha value is -3.64. The molecule has 0 bridgehead atoms. The second-order valence-electron chi connectivity index (χ2n) is 11.7. The number of alkyl halides is 1. The normalized spacial score (nSPS) is 16.8. The van der Waals surface area contributed by atoms with E-state index < -0.39 is 0 Å². The van der Waals surface area contributed by atoms with E-state index in [9.17, 15) is 9.18 Å². The Labute approximate surface area is 274 Å². The highest BCUT2D eigenvalue weighted by Crippen LogP contribution is 2.43. The van der Waals surface area contributed by atoms with Crippen molar-refractivity contribution in [2.45, 2.75) is 38.2 Å². The largest absolute Gasteiger partial charge is 0.489 e. The molecule has 45 heavy (non-hydrogen) atoms. The maximum atomic E-state index is 12.6. The summed E-state index contributed by atoms with van der Waals surface area (Å²) in [6, 6.07) is 28.3. The summed E-state index contributed by atoms with van der Waals surface area (Å²) in [6.45, 7) is 2.26. The van der Waals surface area contributed by atoms with Crippen LogP contribution in [0.5, 0.6) is 5.75 Å². The summed E-state index contributed by atoms with van der Waals surface area (Å²) in [4.78, 5) is 14.2. The molecule has 4 nitrogen and oxygen atoms in total. The van der Waals surface area contributed by atoms with E-state index in [0.717, 1.165) is 78.9 Å². The molecule has 1 aliphatic heterocycles. The molecule has 2 aliphatic rings. The number of hydrogen-bond donors (Lipinski definition) is 0. The molecule has 1 fully saturated rings. The molecule has 0 N–H and O–H groups in total. The third-order valence-corrected chi connectivity index (χ3v) is 9.28.